The van der Waals surface area contributed by atoms with Crippen molar-refractivity contribution in [1.82, 2.24) is 10.2 Å². The Morgan fingerprint density at radius 2 is 2.24 bits per heavy atom. The number of ether oxygens (including phenoxy) is 1. The average Bonchev–Trinajstić information content (AvgIpc) is 2.79. The largest absolute Gasteiger partial charge is 0.376 e. The molecule has 3 atom stereocenters. The second-order valence-electron chi connectivity index (χ2n) is 6.14. The molecule has 2 aliphatic rings. The van der Waals surface area contributed by atoms with Gasteiger partial charge in [-0.05, 0) is 38.0 Å². The first-order valence-electron chi connectivity index (χ1n) is 7.45. The number of carbonyl (C=O) groups excluding carboxylic acids is 1. The summed E-state index contributed by atoms with van der Waals surface area (Å²) in [6.07, 6.45) is 1.11. The van der Waals surface area contributed by atoms with Crippen LogP contribution < -0.4 is 5.32 Å². The highest BCUT2D eigenvalue weighted by Gasteiger charge is 2.36. The SMILES string of the molecule is Cc1ccc(C(=O)N[C@H]2C[C@H]3CO[C@H](C)CN3C2)c(F)c1. The van der Waals surface area contributed by atoms with Gasteiger partial charge in [0.1, 0.15) is 5.82 Å². The average molecular weight is 292 g/mol. The van der Waals surface area contributed by atoms with Crippen LogP contribution in [0.4, 0.5) is 4.39 Å². The van der Waals surface area contributed by atoms with Crippen molar-refractivity contribution in [3.05, 3.63) is 35.1 Å². The van der Waals surface area contributed by atoms with E-state index in [1.54, 1.807) is 19.1 Å². The third-order valence-corrected chi connectivity index (χ3v) is 4.30. The smallest absolute Gasteiger partial charge is 0.254 e. The molecule has 1 N–H and O–H groups in total. The van der Waals surface area contributed by atoms with Crippen LogP contribution >= 0.6 is 0 Å². The van der Waals surface area contributed by atoms with E-state index in [9.17, 15) is 9.18 Å². The summed E-state index contributed by atoms with van der Waals surface area (Å²) in [6.45, 7) is 6.30. The molecule has 3 rings (SSSR count). The van der Waals surface area contributed by atoms with Crippen molar-refractivity contribution >= 4 is 5.91 Å². The molecule has 0 unspecified atom stereocenters. The molecule has 0 bridgehead atoms. The Balaban J connectivity index is 1.63. The van der Waals surface area contributed by atoms with E-state index < -0.39 is 5.82 Å². The first-order chi connectivity index (χ1) is 10.0. The van der Waals surface area contributed by atoms with Gasteiger partial charge in [-0.3, -0.25) is 9.69 Å². The van der Waals surface area contributed by atoms with Gasteiger partial charge in [-0.25, -0.2) is 4.39 Å². The van der Waals surface area contributed by atoms with Crippen LogP contribution in [0.2, 0.25) is 0 Å². The fourth-order valence-electron chi connectivity index (χ4n) is 3.21. The van der Waals surface area contributed by atoms with Gasteiger partial charge in [0.15, 0.2) is 0 Å². The van der Waals surface area contributed by atoms with Crippen molar-refractivity contribution in [2.45, 2.75) is 38.5 Å². The molecule has 0 radical (unpaired) electrons. The summed E-state index contributed by atoms with van der Waals surface area (Å²) in [5.74, 6) is -0.786. The summed E-state index contributed by atoms with van der Waals surface area (Å²) in [6, 6.07) is 5.13. The van der Waals surface area contributed by atoms with Gasteiger partial charge < -0.3 is 10.1 Å². The van der Waals surface area contributed by atoms with Crippen molar-refractivity contribution in [3.63, 3.8) is 0 Å². The Kier molecular flexibility index (Phi) is 3.95. The maximum absolute atomic E-state index is 13.8. The second kappa shape index (κ2) is 5.73. The number of benzene rings is 1. The summed E-state index contributed by atoms with van der Waals surface area (Å²) >= 11 is 0. The zero-order chi connectivity index (χ0) is 15.0. The minimum absolute atomic E-state index is 0.0668. The van der Waals surface area contributed by atoms with Crippen LogP contribution in [-0.2, 0) is 4.74 Å². The first kappa shape index (κ1) is 14.5. The summed E-state index contributed by atoms with van der Waals surface area (Å²) < 4.78 is 19.5. The predicted molar refractivity (Wildman–Crippen MR) is 77.8 cm³/mol. The van der Waals surface area contributed by atoms with Crippen LogP contribution in [0, 0.1) is 12.7 Å². The Bertz CT molecular complexity index is 549. The molecule has 1 aromatic rings. The predicted octanol–water partition coefficient (Wildman–Crippen LogP) is 1.73. The second-order valence-corrected chi connectivity index (χ2v) is 6.14. The van der Waals surface area contributed by atoms with Gasteiger partial charge in [0.05, 0.1) is 18.3 Å². The fraction of sp³-hybridized carbons (Fsp3) is 0.562. The molecule has 1 aromatic carbocycles. The molecular formula is C16H21FN2O2. The van der Waals surface area contributed by atoms with Gasteiger partial charge in [-0.15, -0.1) is 0 Å². The molecule has 0 aliphatic carbocycles. The highest BCUT2D eigenvalue weighted by molar-refractivity contribution is 5.94. The highest BCUT2D eigenvalue weighted by Crippen LogP contribution is 2.23. The molecule has 2 heterocycles. The van der Waals surface area contributed by atoms with Gasteiger partial charge in [0, 0.05) is 25.2 Å². The van der Waals surface area contributed by atoms with E-state index in [4.69, 9.17) is 4.74 Å². The number of fused-ring (bicyclic) bond motifs is 1. The Morgan fingerprint density at radius 1 is 1.43 bits per heavy atom. The minimum atomic E-state index is -0.458. The number of amides is 1. The number of nitrogens with zero attached hydrogens (tertiary/aromatic N) is 1. The van der Waals surface area contributed by atoms with E-state index in [0.29, 0.717) is 12.6 Å². The minimum Gasteiger partial charge on any atom is -0.376 e. The number of rotatable bonds is 2. The number of morpholine rings is 1. The summed E-state index contributed by atoms with van der Waals surface area (Å²) in [5.41, 5.74) is 0.934. The van der Waals surface area contributed by atoms with Crippen LogP contribution in [0.3, 0.4) is 0 Å². The van der Waals surface area contributed by atoms with E-state index in [1.165, 1.54) is 6.07 Å². The zero-order valence-electron chi connectivity index (χ0n) is 12.4. The summed E-state index contributed by atoms with van der Waals surface area (Å²) in [4.78, 5) is 14.6. The number of halogens is 1. The van der Waals surface area contributed by atoms with Gasteiger partial charge in [0.2, 0.25) is 0 Å². The van der Waals surface area contributed by atoms with Crippen LogP contribution in [0.5, 0.6) is 0 Å². The molecular weight excluding hydrogens is 271 g/mol. The number of carbonyl (C=O) groups is 1. The topological polar surface area (TPSA) is 41.6 Å². The van der Waals surface area contributed by atoms with Gasteiger partial charge >= 0.3 is 0 Å². The maximum atomic E-state index is 13.8. The number of hydrogen-bond acceptors (Lipinski definition) is 3. The Morgan fingerprint density at radius 3 is 3.00 bits per heavy atom. The number of nitrogens with one attached hydrogen (secondary N) is 1. The van der Waals surface area contributed by atoms with Crippen molar-refractivity contribution in [3.8, 4) is 0 Å². The molecule has 0 aromatic heterocycles. The van der Waals surface area contributed by atoms with Crippen LogP contribution in [-0.4, -0.2) is 48.7 Å². The Labute approximate surface area is 124 Å². The molecule has 0 saturated carbocycles. The van der Waals surface area contributed by atoms with Gasteiger partial charge in [-0.1, -0.05) is 6.07 Å². The number of hydrogen-bond donors (Lipinski definition) is 1. The normalized spacial score (nSPS) is 29.2. The molecule has 2 fully saturated rings. The van der Waals surface area contributed by atoms with E-state index in [-0.39, 0.29) is 23.6 Å². The maximum Gasteiger partial charge on any atom is 0.254 e. The lowest BCUT2D eigenvalue weighted by Gasteiger charge is -2.33. The fourth-order valence-corrected chi connectivity index (χ4v) is 3.21. The third-order valence-electron chi connectivity index (χ3n) is 4.30. The van der Waals surface area contributed by atoms with Crippen molar-refractivity contribution in [2.24, 2.45) is 0 Å². The highest BCUT2D eigenvalue weighted by atomic mass is 19.1. The standard InChI is InChI=1S/C16H21FN2O2/c1-10-3-4-14(15(17)5-10)16(20)18-12-6-13-9-21-11(2)7-19(13)8-12/h3-5,11-13H,6-9H2,1-2H3,(H,18,20)/t11-,12+,13+/m1/s1. The molecule has 0 spiro atoms. The van der Waals surface area contributed by atoms with E-state index in [2.05, 4.69) is 17.1 Å². The van der Waals surface area contributed by atoms with Gasteiger partial charge in [0.25, 0.3) is 5.91 Å². The molecule has 21 heavy (non-hydrogen) atoms. The lowest BCUT2D eigenvalue weighted by Crippen LogP contribution is -2.45. The molecule has 4 nitrogen and oxygen atoms in total. The Hall–Kier alpha value is -1.46. The molecule has 114 valence electrons. The molecule has 5 heteroatoms. The van der Waals surface area contributed by atoms with Crippen molar-refractivity contribution in [1.29, 1.82) is 0 Å². The molecule has 1 amide bonds. The monoisotopic (exact) mass is 292 g/mol. The molecule has 2 aliphatic heterocycles. The van der Waals surface area contributed by atoms with Gasteiger partial charge in [-0.2, -0.15) is 0 Å². The lowest BCUT2D eigenvalue weighted by atomic mass is 10.1. The quantitative estimate of drug-likeness (QED) is 0.902. The van der Waals surface area contributed by atoms with Crippen molar-refractivity contribution in [2.75, 3.05) is 19.7 Å². The van der Waals surface area contributed by atoms with Crippen LogP contribution in [0.15, 0.2) is 18.2 Å². The first-order valence-corrected chi connectivity index (χ1v) is 7.45. The van der Waals surface area contributed by atoms with Crippen LogP contribution in [0.1, 0.15) is 29.3 Å². The number of aryl methyl sites for hydroxylation is 1. The van der Waals surface area contributed by atoms with E-state index >= 15 is 0 Å². The third kappa shape index (κ3) is 3.09. The van der Waals surface area contributed by atoms with Crippen LogP contribution in [0.25, 0.3) is 0 Å². The summed E-state index contributed by atoms with van der Waals surface area (Å²) in [7, 11) is 0. The zero-order valence-corrected chi connectivity index (χ0v) is 12.4. The van der Waals surface area contributed by atoms with Crippen molar-refractivity contribution < 1.29 is 13.9 Å². The summed E-state index contributed by atoms with van der Waals surface area (Å²) in [5, 5.41) is 2.95. The van der Waals surface area contributed by atoms with E-state index in [0.717, 1.165) is 25.1 Å². The lowest BCUT2D eigenvalue weighted by molar-refractivity contribution is -0.0390. The van der Waals surface area contributed by atoms with E-state index in [1.807, 2.05) is 0 Å². The molecule has 2 saturated heterocycles.